The maximum absolute atomic E-state index is 13.8. The first-order valence-corrected chi connectivity index (χ1v) is 16.6. The Kier molecular flexibility index (Phi) is 11.1. The summed E-state index contributed by atoms with van der Waals surface area (Å²) in [6, 6.07) is 18.2. The van der Waals surface area contributed by atoms with Crippen molar-refractivity contribution in [2.75, 3.05) is 20.3 Å². The number of benzene rings is 3. The van der Waals surface area contributed by atoms with Gasteiger partial charge in [-0.15, -0.1) is 0 Å². The summed E-state index contributed by atoms with van der Waals surface area (Å²) in [4.78, 5) is 42.6. The Morgan fingerprint density at radius 3 is 2.37 bits per heavy atom. The smallest absolute Gasteiger partial charge is 0.328 e. The lowest BCUT2D eigenvalue weighted by Crippen LogP contribution is -2.47. The quantitative estimate of drug-likeness (QED) is 0.102. The molecule has 0 spiro atoms. The van der Waals surface area contributed by atoms with Gasteiger partial charge in [-0.1, -0.05) is 60.1 Å². The molecule has 3 aromatic carbocycles. The number of rotatable bonds is 13. The SMILES string of the molecule is COC(=O)C(Cc1ccccc1)NC(=O)CNC(=O)c1[nH]c2c(-c3c(C)nn(C)c3C)cccc2c1CCCOc1cc(C)c(Cl)c(C)c1. The minimum atomic E-state index is -0.901. The number of para-hydroxylation sites is 1. The maximum atomic E-state index is 13.8. The first-order valence-electron chi connectivity index (χ1n) is 16.2. The van der Waals surface area contributed by atoms with E-state index in [9.17, 15) is 14.4 Å². The van der Waals surface area contributed by atoms with Crippen LogP contribution in [-0.4, -0.2) is 58.9 Å². The Labute approximate surface area is 291 Å². The largest absolute Gasteiger partial charge is 0.494 e. The van der Waals surface area contributed by atoms with Gasteiger partial charge in [-0.05, 0) is 74.9 Å². The van der Waals surface area contributed by atoms with Crippen molar-refractivity contribution in [3.8, 4) is 16.9 Å². The molecule has 0 aliphatic carbocycles. The number of hydrogen-bond acceptors (Lipinski definition) is 6. The average Bonchev–Trinajstić information content (AvgIpc) is 3.59. The number of nitrogens with one attached hydrogen (secondary N) is 3. The molecule has 0 aliphatic rings. The molecule has 2 aromatic heterocycles. The summed E-state index contributed by atoms with van der Waals surface area (Å²) < 4.78 is 12.8. The number of ether oxygens (including phenoxy) is 2. The highest BCUT2D eigenvalue weighted by Crippen LogP contribution is 2.35. The van der Waals surface area contributed by atoms with Gasteiger partial charge in [0.15, 0.2) is 0 Å². The zero-order valence-electron chi connectivity index (χ0n) is 28.7. The van der Waals surface area contributed by atoms with Gasteiger partial charge in [-0.3, -0.25) is 14.3 Å². The third kappa shape index (κ3) is 7.97. The number of hydrogen-bond donors (Lipinski definition) is 3. The topological polar surface area (TPSA) is 127 Å². The molecule has 49 heavy (non-hydrogen) atoms. The molecule has 0 aliphatic heterocycles. The van der Waals surface area contributed by atoms with Crippen LogP contribution in [0.1, 0.15) is 50.6 Å². The van der Waals surface area contributed by atoms with Crippen molar-refractivity contribution in [3.05, 3.63) is 105 Å². The van der Waals surface area contributed by atoms with Gasteiger partial charge in [0.2, 0.25) is 5.91 Å². The summed E-state index contributed by atoms with van der Waals surface area (Å²) in [5.74, 6) is -0.776. The first kappa shape index (κ1) is 35.2. The van der Waals surface area contributed by atoms with E-state index in [4.69, 9.17) is 21.1 Å². The number of amides is 2. The van der Waals surface area contributed by atoms with Gasteiger partial charge in [0.05, 0.1) is 31.5 Å². The first-order chi connectivity index (χ1) is 23.5. The minimum Gasteiger partial charge on any atom is -0.494 e. The zero-order valence-corrected chi connectivity index (χ0v) is 29.5. The highest BCUT2D eigenvalue weighted by Gasteiger charge is 2.25. The summed E-state index contributed by atoms with van der Waals surface area (Å²) in [5.41, 5.74) is 8.56. The van der Waals surface area contributed by atoms with Crippen LogP contribution in [0.15, 0.2) is 60.7 Å². The van der Waals surface area contributed by atoms with Crippen molar-refractivity contribution < 1.29 is 23.9 Å². The molecule has 2 amide bonds. The highest BCUT2D eigenvalue weighted by molar-refractivity contribution is 6.32. The number of methoxy groups -OCH3 is 1. The molecule has 3 N–H and O–H groups in total. The number of fused-ring (bicyclic) bond motifs is 1. The van der Waals surface area contributed by atoms with Crippen LogP contribution in [0.25, 0.3) is 22.0 Å². The van der Waals surface area contributed by atoms with Crippen LogP contribution in [0.4, 0.5) is 0 Å². The molecule has 0 saturated heterocycles. The predicted molar refractivity (Wildman–Crippen MR) is 191 cm³/mol. The van der Waals surface area contributed by atoms with Gasteiger partial charge in [0.25, 0.3) is 5.91 Å². The average molecular weight is 684 g/mol. The predicted octanol–water partition coefficient (Wildman–Crippen LogP) is 6.10. The molecule has 5 aromatic rings. The Morgan fingerprint density at radius 1 is 1.00 bits per heavy atom. The minimum absolute atomic E-state index is 0.256. The molecule has 2 heterocycles. The number of aromatic amines is 1. The Hall–Kier alpha value is -5.09. The number of esters is 1. The fraction of sp³-hybridized carbons (Fsp3) is 0.316. The van der Waals surface area contributed by atoms with Crippen molar-refractivity contribution in [2.45, 2.75) is 53.0 Å². The third-order valence-corrected chi connectivity index (χ3v) is 9.31. The molecule has 0 radical (unpaired) electrons. The van der Waals surface area contributed by atoms with Crippen molar-refractivity contribution in [1.29, 1.82) is 0 Å². The van der Waals surface area contributed by atoms with Crippen LogP contribution in [0.2, 0.25) is 5.02 Å². The molecule has 0 bridgehead atoms. The van der Waals surface area contributed by atoms with E-state index in [1.807, 2.05) is 100 Å². The van der Waals surface area contributed by atoms with E-state index in [2.05, 4.69) is 20.7 Å². The van der Waals surface area contributed by atoms with Crippen LogP contribution in [0, 0.1) is 27.7 Å². The van der Waals surface area contributed by atoms with E-state index in [0.29, 0.717) is 25.1 Å². The van der Waals surface area contributed by atoms with E-state index in [-0.39, 0.29) is 13.0 Å². The van der Waals surface area contributed by atoms with E-state index < -0.39 is 23.8 Å². The summed E-state index contributed by atoms with van der Waals surface area (Å²) in [6.07, 6.45) is 1.42. The second-order valence-electron chi connectivity index (χ2n) is 12.2. The van der Waals surface area contributed by atoms with Gasteiger partial charge < -0.3 is 25.1 Å². The zero-order chi connectivity index (χ0) is 35.2. The Morgan fingerprint density at radius 2 is 1.71 bits per heavy atom. The van der Waals surface area contributed by atoms with Crippen LogP contribution < -0.4 is 15.4 Å². The molecule has 256 valence electrons. The van der Waals surface area contributed by atoms with Crippen LogP contribution in [0.5, 0.6) is 5.75 Å². The number of carbonyl (C=O) groups excluding carboxylic acids is 3. The number of carbonyl (C=O) groups is 3. The molecular formula is C38H42ClN5O5. The lowest BCUT2D eigenvalue weighted by atomic mass is 9.98. The van der Waals surface area contributed by atoms with E-state index >= 15 is 0 Å². The molecular weight excluding hydrogens is 642 g/mol. The Bertz CT molecular complexity index is 1980. The number of aryl methyl sites for hydroxylation is 5. The molecule has 10 nitrogen and oxygen atoms in total. The summed E-state index contributed by atoms with van der Waals surface area (Å²) in [7, 11) is 3.18. The monoisotopic (exact) mass is 683 g/mol. The number of H-pyrrole nitrogens is 1. The number of nitrogens with zero attached hydrogens (tertiary/aromatic N) is 2. The third-order valence-electron chi connectivity index (χ3n) is 8.71. The van der Waals surface area contributed by atoms with Gasteiger partial charge in [0.1, 0.15) is 17.5 Å². The lowest BCUT2D eigenvalue weighted by Gasteiger charge is -2.17. The standard InChI is InChI=1S/C38H42ClN5O5/c1-22-18-27(19-23(2)34(22)39)49-17-11-16-29-28-14-10-15-30(33-24(3)43-44(5)25(33)4)35(28)42-36(29)37(46)40-21-32(45)41-31(38(47)48-6)20-26-12-8-7-9-13-26/h7-10,12-15,18-19,31,42H,11,16-17,20-21H2,1-6H3,(H,40,46)(H,41,45). The highest BCUT2D eigenvalue weighted by atomic mass is 35.5. The Balaban J connectivity index is 1.37. The number of aromatic nitrogens is 3. The fourth-order valence-electron chi connectivity index (χ4n) is 6.21. The fourth-order valence-corrected chi connectivity index (χ4v) is 6.32. The number of halogens is 1. The summed E-state index contributed by atoms with van der Waals surface area (Å²) >= 11 is 6.33. The normalized spacial score (nSPS) is 11.7. The molecule has 0 saturated carbocycles. The summed E-state index contributed by atoms with van der Waals surface area (Å²) in [5, 5.41) is 11.7. The van der Waals surface area contributed by atoms with Crippen LogP contribution >= 0.6 is 11.6 Å². The molecule has 11 heteroatoms. The van der Waals surface area contributed by atoms with Crippen molar-refractivity contribution in [2.24, 2.45) is 7.05 Å². The molecule has 5 rings (SSSR count). The maximum Gasteiger partial charge on any atom is 0.328 e. The van der Waals surface area contributed by atoms with Gasteiger partial charge in [-0.2, -0.15) is 5.10 Å². The molecule has 1 atom stereocenters. The molecule has 1 unspecified atom stereocenters. The van der Waals surface area contributed by atoms with Gasteiger partial charge >= 0.3 is 5.97 Å². The van der Waals surface area contributed by atoms with Crippen molar-refractivity contribution >= 4 is 40.3 Å². The van der Waals surface area contributed by atoms with E-state index in [1.165, 1.54) is 7.11 Å². The van der Waals surface area contributed by atoms with Gasteiger partial charge in [-0.25, -0.2) is 4.79 Å². The second-order valence-corrected chi connectivity index (χ2v) is 12.6. The van der Waals surface area contributed by atoms with Crippen molar-refractivity contribution in [3.63, 3.8) is 0 Å². The van der Waals surface area contributed by atoms with Crippen molar-refractivity contribution in [1.82, 2.24) is 25.4 Å². The second kappa shape index (κ2) is 15.4. The summed E-state index contributed by atoms with van der Waals surface area (Å²) in [6.45, 7) is 7.97. The molecule has 0 fully saturated rings. The van der Waals surface area contributed by atoms with Crippen LogP contribution in [0.3, 0.4) is 0 Å². The lowest BCUT2D eigenvalue weighted by molar-refractivity contribution is -0.144. The van der Waals surface area contributed by atoms with E-state index in [0.717, 1.165) is 66.4 Å². The van der Waals surface area contributed by atoms with Crippen LogP contribution in [-0.2, 0) is 34.2 Å². The van der Waals surface area contributed by atoms with Gasteiger partial charge in [0, 0.05) is 40.7 Å². The van der Waals surface area contributed by atoms with E-state index in [1.54, 1.807) is 0 Å².